The fraction of sp³-hybridized carbons (Fsp3) is 0.842. The van der Waals surface area contributed by atoms with Crippen molar-refractivity contribution in [3.05, 3.63) is 11.6 Å². The van der Waals surface area contributed by atoms with Crippen molar-refractivity contribution in [3.8, 4) is 0 Å². The summed E-state index contributed by atoms with van der Waals surface area (Å²) in [4.78, 5) is 7.32. The molecule has 2 aliphatic heterocycles. The minimum atomic E-state index is 0. The first-order valence-electron chi connectivity index (χ1n) is 10.1. The number of hydrogen-bond acceptors (Lipinski definition) is 3. The summed E-state index contributed by atoms with van der Waals surface area (Å²) in [5, 5.41) is 12.3. The molecule has 1 N–H and O–H groups in total. The zero-order valence-electron chi connectivity index (χ0n) is 16.6. The van der Waals surface area contributed by atoms with Gasteiger partial charge in [0.1, 0.15) is 11.6 Å². The van der Waals surface area contributed by atoms with Gasteiger partial charge in [-0.1, -0.05) is 20.3 Å². The van der Waals surface area contributed by atoms with Crippen molar-refractivity contribution in [1.82, 2.24) is 25.0 Å². The van der Waals surface area contributed by atoms with Crippen LogP contribution in [0.5, 0.6) is 0 Å². The van der Waals surface area contributed by atoms with Crippen molar-refractivity contribution in [3.63, 3.8) is 0 Å². The van der Waals surface area contributed by atoms with Gasteiger partial charge in [0.15, 0.2) is 5.96 Å². The van der Waals surface area contributed by atoms with Crippen LogP contribution in [0, 0.1) is 5.41 Å². The number of aryl methyl sites for hydroxylation is 1. The van der Waals surface area contributed by atoms with Gasteiger partial charge >= 0.3 is 0 Å². The zero-order chi connectivity index (χ0) is 17.7. The monoisotopic (exact) mass is 474 g/mol. The van der Waals surface area contributed by atoms with Crippen molar-refractivity contribution in [2.45, 2.75) is 72.3 Å². The molecule has 0 amide bonds. The number of hydrogen-bond donors (Lipinski definition) is 1. The second-order valence-electron chi connectivity index (χ2n) is 7.82. The number of rotatable bonds is 5. The normalized spacial score (nSPS) is 23.3. The third-order valence-corrected chi connectivity index (χ3v) is 5.83. The Balaban J connectivity index is 0.00000243. The molecule has 0 aromatic carbocycles. The number of halogens is 1. The molecule has 26 heavy (non-hydrogen) atoms. The first-order chi connectivity index (χ1) is 12.1. The van der Waals surface area contributed by atoms with Gasteiger partial charge in [-0.05, 0) is 38.0 Å². The Bertz CT molecular complexity index is 599. The second kappa shape index (κ2) is 9.90. The third kappa shape index (κ3) is 5.10. The molecule has 1 aromatic rings. The highest BCUT2D eigenvalue weighted by molar-refractivity contribution is 14.0. The molecule has 1 atom stereocenters. The molecule has 0 bridgehead atoms. The third-order valence-electron chi connectivity index (χ3n) is 5.83. The van der Waals surface area contributed by atoms with Crippen LogP contribution in [0.4, 0.5) is 0 Å². The first-order valence-corrected chi connectivity index (χ1v) is 10.1. The average molecular weight is 474 g/mol. The van der Waals surface area contributed by atoms with E-state index in [9.17, 15) is 0 Å². The highest BCUT2D eigenvalue weighted by atomic mass is 127. The molecule has 3 heterocycles. The summed E-state index contributed by atoms with van der Waals surface area (Å²) in [5.74, 6) is 3.34. The van der Waals surface area contributed by atoms with Gasteiger partial charge in [0.2, 0.25) is 0 Å². The van der Waals surface area contributed by atoms with Crippen LogP contribution in [0.1, 0.15) is 64.5 Å². The fourth-order valence-corrected chi connectivity index (χ4v) is 3.91. The van der Waals surface area contributed by atoms with Crippen LogP contribution in [0.25, 0.3) is 0 Å². The first kappa shape index (κ1) is 21.4. The van der Waals surface area contributed by atoms with E-state index in [1.165, 1.54) is 37.9 Å². The van der Waals surface area contributed by atoms with E-state index in [1.807, 2.05) is 0 Å². The van der Waals surface area contributed by atoms with E-state index in [0.29, 0.717) is 5.41 Å². The summed E-state index contributed by atoms with van der Waals surface area (Å²) in [6, 6.07) is 0. The van der Waals surface area contributed by atoms with E-state index in [-0.39, 0.29) is 24.0 Å². The minimum Gasteiger partial charge on any atom is -0.357 e. The van der Waals surface area contributed by atoms with Crippen molar-refractivity contribution >= 4 is 29.9 Å². The van der Waals surface area contributed by atoms with Gasteiger partial charge in [0.05, 0.1) is 0 Å². The fourth-order valence-electron chi connectivity index (χ4n) is 3.91. The van der Waals surface area contributed by atoms with E-state index in [0.717, 1.165) is 57.3 Å². The van der Waals surface area contributed by atoms with Crippen LogP contribution < -0.4 is 5.32 Å². The topological polar surface area (TPSA) is 58.3 Å². The molecule has 148 valence electrons. The summed E-state index contributed by atoms with van der Waals surface area (Å²) in [5.41, 5.74) is 0.431. The molecule has 1 saturated heterocycles. The Kier molecular flexibility index (Phi) is 8.16. The predicted octanol–water partition coefficient (Wildman–Crippen LogP) is 3.25. The van der Waals surface area contributed by atoms with Gasteiger partial charge in [-0.2, -0.15) is 0 Å². The molecule has 6 nitrogen and oxygen atoms in total. The van der Waals surface area contributed by atoms with Crippen LogP contribution in [0.2, 0.25) is 0 Å². The summed E-state index contributed by atoms with van der Waals surface area (Å²) in [7, 11) is 0. The number of guanidine groups is 1. The molecule has 0 aliphatic carbocycles. The van der Waals surface area contributed by atoms with E-state index >= 15 is 0 Å². The number of aromatic nitrogens is 3. The lowest BCUT2D eigenvalue weighted by molar-refractivity contribution is 0.322. The standard InChI is InChI=1S/C19H34N6.HI/c1-4-19(3)11-14-24(15-19)18(20-5-2)21-12-10-17-23-22-16-9-7-6-8-13-25(16)17;/h4-15H2,1-3H3,(H,20,21);1H. The van der Waals surface area contributed by atoms with Crippen molar-refractivity contribution in [1.29, 1.82) is 0 Å². The van der Waals surface area contributed by atoms with Gasteiger partial charge in [-0.25, -0.2) is 0 Å². The van der Waals surface area contributed by atoms with Gasteiger partial charge < -0.3 is 14.8 Å². The molecule has 3 rings (SSSR count). The van der Waals surface area contributed by atoms with Crippen LogP contribution >= 0.6 is 24.0 Å². The number of aliphatic imine (C=N–C) groups is 1. The number of likely N-dealkylation sites (tertiary alicyclic amines) is 1. The Morgan fingerprint density at radius 3 is 2.77 bits per heavy atom. The summed E-state index contributed by atoms with van der Waals surface area (Å²) >= 11 is 0. The van der Waals surface area contributed by atoms with E-state index in [1.54, 1.807) is 0 Å². The van der Waals surface area contributed by atoms with Crippen LogP contribution in [0.3, 0.4) is 0 Å². The molecular weight excluding hydrogens is 439 g/mol. The molecule has 0 radical (unpaired) electrons. The lowest BCUT2D eigenvalue weighted by Crippen LogP contribution is -2.41. The van der Waals surface area contributed by atoms with E-state index in [2.05, 4.69) is 45.8 Å². The molecule has 1 aromatic heterocycles. The molecule has 0 saturated carbocycles. The van der Waals surface area contributed by atoms with Crippen molar-refractivity contribution in [2.75, 3.05) is 26.2 Å². The maximum atomic E-state index is 4.89. The van der Waals surface area contributed by atoms with Crippen molar-refractivity contribution in [2.24, 2.45) is 10.4 Å². The molecule has 2 aliphatic rings. The highest BCUT2D eigenvalue weighted by Gasteiger charge is 2.33. The Labute approximate surface area is 175 Å². The van der Waals surface area contributed by atoms with E-state index < -0.39 is 0 Å². The lowest BCUT2D eigenvalue weighted by Gasteiger charge is -2.25. The van der Waals surface area contributed by atoms with Gasteiger partial charge in [-0.3, -0.25) is 4.99 Å². The summed E-state index contributed by atoms with van der Waals surface area (Å²) in [6.07, 6.45) is 8.22. The largest absolute Gasteiger partial charge is 0.357 e. The minimum absolute atomic E-state index is 0. The van der Waals surface area contributed by atoms with Crippen LogP contribution in [-0.4, -0.2) is 51.8 Å². The maximum absolute atomic E-state index is 4.89. The Morgan fingerprint density at radius 2 is 2.04 bits per heavy atom. The lowest BCUT2D eigenvalue weighted by atomic mass is 9.87. The van der Waals surface area contributed by atoms with Crippen LogP contribution in [0.15, 0.2) is 4.99 Å². The maximum Gasteiger partial charge on any atom is 0.193 e. The Hall–Kier alpha value is -0.860. The molecule has 0 spiro atoms. The molecular formula is C19H35IN6. The van der Waals surface area contributed by atoms with Gasteiger partial charge in [0.25, 0.3) is 0 Å². The number of fused-ring (bicyclic) bond motifs is 1. The SMILES string of the molecule is CCNC(=NCCc1nnc2n1CCCCC2)N1CCC(C)(CC)C1.I. The highest BCUT2D eigenvalue weighted by Crippen LogP contribution is 2.32. The van der Waals surface area contributed by atoms with Crippen LogP contribution in [-0.2, 0) is 19.4 Å². The molecule has 7 heteroatoms. The summed E-state index contributed by atoms with van der Waals surface area (Å²) in [6.45, 7) is 11.8. The molecule has 1 fully saturated rings. The van der Waals surface area contributed by atoms with E-state index in [4.69, 9.17) is 4.99 Å². The smallest absolute Gasteiger partial charge is 0.193 e. The van der Waals surface area contributed by atoms with Gasteiger partial charge in [-0.15, -0.1) is 34.2 Å². The number of nitrogens with zero attached hydrogens (tertiary/aromatic N) is 5. The van der Waals surface area contributed by atoms with Gasteiger partial charge in [0, 0.05) is 45.6 Å². The summed E-state index contributed by atoms with van der Waals surface area (Å²) < 4.78 is 2.33. The average Bonchev–Trinajstić information content (AvgIpc) is 3.11. The second-order valence-corrected chi connectivity index (χ2v) is 7.82. The predicted molar refractivity (Wildman–Crippen MR) is 117 cm³/mol. The van der Waals surface area contributed by atoms with Crippen molar-refractivity contribution < 1.29 is 0 Å². The quantitative estimate of drug-likeness (QED) is 0.405. The zero-order valence-corrected chi connectivity index (χ0v) is 19.0. The molecule has 1 unspecified atom stereocenters. The number of nitrogens with one attached hydrogen (secondary N) is 1. The Morgan fingerprint density at radius 1 is 1.19 bits per heavy atom.